The van der Waals surface area contributed by atoms with E-state index in [1.54, 1.807) is 32.1 Å². The molecule has 0 fully saturated rings. The number of ketones is 1. The molecule has 0 aliphatic heterocycles. The normalized spacial score (nSPS) is 13.4. The van der Waals surface area contributed by atoms with Crippen LogP contribution in [0.25, 0.3) is 0 Å². The van der Waals surface area contributed by atoms with E-state index < -0.39 is 5.41 Å². The van der Waals surface area contributed by atoms with Crippen LogP contribution >= 0.6 is 0 Å². The number of hydrogen-bond acceptors (Lipinski definition) is 3. The monoisotopic (exact) mass is 260 g/mol. The molecule has 1 unspecified atom stereocenters. The SMILES string of the molecule is C=CCC(C)(CC(=O)c1ccccc1)C(=O)OCC. The van der Waals surface area contributed by atoms with Gasteiger partial charge in [0.2, 0.25) is 0 Å². The van der Waals surface area contributed by atoms with E-state index in [1.165, 1.54) is 0 Å². The standard InChI is InChI=1S/C16H20O3/c1-4-11-16(3,15(18)19-5-2)12-14(17)13-9-7-6-8-10-13/h4,6-10H,1,5,11-12H2,2-3H3. The molecule has 0 aromatic heterocycles. The molecule has 0 radical (unpaired) electrons. The van der Waals surface area contributed by atoms with Gasteiger partial charge in [-0.25, -0.2) is 0 Å². The third-order valence-electron chi connectivity index (χ3n) is 3.01. The number of carbonyl (C=O) groups excluding carboxylic acids is 2. The maximum Gasteiger partial charge on any atom is 0.312 e. The Hall–Kier alpha value is -1.90. The van der Waals surface area contributed by atoms with Crippen molar-refractivity contribution in [1.29, 1.82) is 0 Å². The van der Waals surface area contributed by atoms with Crippen LogP contribution in [0.15, 0.2) is 43.0 Å². The van der Waals surface area contributed by atoms with E-state index in [1.807, 2.05) is 18.2 Å². The summed E-state index contributed by atoms with van der Waals surface area (Å²) in [6.45, 7) is 7.46. The Morgan fingerprint density at radius 1 is 1.32 bits per heavy atom. The zero-order chi connectivity index (χ0) is 14.3. The topological polar surface area (TPSA) is 43.4 Å². The predicted molar refractivity (Wildman–Crippen MR) is 74.9 cm³/mol. The van der Waals surface area contributed by atoms with Crippen molar-refractivity contribution in [2.75, 3.05) is 6.61 Å². The Bertz CT molecular complexity index is 450. The number of esters is 1. The summed E-state index contributed by atoms with van der Waals surface area (Å²) in [5.41, 5.74) is -0.230. The van der Waals surface area contributed by atoms with Gasteiger partial charge >= 0.3 is 5.97 Å². The largest absolute Gasteiger partial charge is 0.466 e. The summed E-state index contributed by atoms with van der Waals surface area (Å²) in [5.74, 6) is -0.405. The third kappa shape index (κ3) is 4.05. The highest BCUT2D eigenvalue weighted by Crippen LogP contribution is 2.30. The maximum absolute atomic E-state index is 12.2. The van der Waals surface area contributed by atoms with E-state index in [4.69, 9.17) is 4.74 Å². The van der Waals surface area contributed by atoms with Crippen LogP contribution in [0.1, 0.15) is 37.0 Å². The van der Waals surface area contributed by atoms with Crippen molar-refractivity contribution < 1.29 is 14.3 Å². The Morgan fingerprint density at radius 2 is 1.95 bits per heavy atom. The van der Waals surface area contributed by atoms with Crippen molar-refractivity contribution in [3.05, 3.63) is 48.6 Å². The molecule has 1 aromatic carbocycles. The van der Waals surface area contributed by atoms with Gasteiger partial charge in [-0.2, -0.15) is 0 Å². The fourth-order valence-electron chi connectivity index (χ4n) is 1.93. The zero-order valence-electron chi connectivity index (χ0n) is 11.5. The molecule has 0 bridgehead atoms. The molecule has 1 rings (SSSR count). The smallest absolute Gasteiger partial charge is 0.312 e. The average molecular weight is 260 g/mol. The van der Waals surface area contributed by atoms with Gasteiger partial charge in [-0.3, -0.25) is 9.59 Å². The second kappa shape index (κ2) is 6.88. The van der Waals surface area contributed by atoms with Crippen molar-refractivity contribution in [2.45, 2.75) is 26.7 Å². The highest BCUT2D eigenvalue weighted by atomic mass is 16.5. The minimum absolute atomic E-state index is 0.0574. The van der Waals surface area contributed by atoms with Gasteiger partial charge in [0.1, 0.15) is 0 Å². The van der Waals surface area contributed by atoms with E-state index in [0.717, 1.165) is 0 Å². The van der Waals surface area contributed by atoms with Crippen LogP contribution < -0.4 is 0 Å². The number of hydrogen-bond donors (Lipinski definition) is 0. The van der Waals surface area contributed by atoms with Gasteiger partial charge in [-0.15, -0.1) is 6.58 Å². The molecule has 3 nitrogen and oxygen atoms in total. The lowest BCUT2D eigenvalue weighted by atomic mass is 9.80. The molecular weight excluding hydrogens is 240 g/mol. The first-order valence-electron chi connectivity index (χ1n) is 6.40. The lowest BCUT2D eigenvalue weighted by molar-refractivity contribution is -0.154. The molecule has 0 N–H and O–H groups in total. The summed E-state index contributed by atoms with van der Waals surface area (Å²) in [5, 5.41) is 0. The number of carbonyl (C=O) groups is 2. The summed E-state index contributed by atoms with van der Waals surface area (Å²) in [4.78, 5) is 24.2. The number of benzene rings is 1. The van der Waals surface area contributed by atoms with E-state index in [2.05, 4.69) is 6.58 Å². The van der Waals surface area contributed by atoms with Crippen molar-refractivity contribution in [1.82, 2.24) is 0 Å². The van der Waals surface area contributed by atoms with Crippen LogP contribution in [0.2, 0.25) is 0 Å². The zero-order valence-corrected chi connectivity index (χ0v) is 11.5. The molecule has 19 heavy (non-hydrogen) atoms. The minimum Gasteiger partial charge on any atom is -0.466 e. The molecule has 0 saturated heterocycles. The molecule has 102 valence electrons. The molecule has 1 atom stereocenters. The van der Waals surface area contributed by atoms with Gasteiger partial charge in [0.05, 0.1) is 12.0 Å². The first-order chi connectivity index (χ1) is 9.03. The molecule has 0 spiro atoms. The Balaban J connectivity index is 2.87. The lowest BCUT2D eigenvalue weighted by Gasteiger charge is -2.25. The van der Waals surface area contributed by atoms with Gasteiger partial charge in [0.25, 0.3) is 0 Å². The lowest BCUT2D eigenvalue weighted by Crippen LogP contribution is -2.32. The Morgan fingerprint density at radius 3 is 2.47 bits per heavy atom. The second-order valence-electron chi connectivity index (χ2n) is 4.74. The predicted octanol–water partition coefficient (Wildman–Crippen LogP) is 3.40. The summed E-state index contributed by atoms with van der Waals surface area (Å²) in [6, 6.07) is 8.97. The van der Waals surface area contributed by atoms with Crippen molar-refractivity contribution in [3.8, 4) is 0 Å². The Labute approximate surface area is 114 Å². The van der Waals surface area contributed by atoms with Gasteiger partial charge in [0.15, 0.2) is 5.78 Å². The van der Waals surface area contributed by atoms with Crippen molar-refractivity contribution >= 4 is 11.8 Å². The molecule has 0 saturated carbocycles. The van der Waals surface area contributed by atoms with E-state index in [-0.39, 0.29) is 18.2 Å². The average Bonchev–Trinajstić information content (AvgIpc) is 2.40. The summed E-state index contributed by atoms with van der Waals surface area (Å²) in [6.07, 6.45) is 2.20. The van der Waals surface area contributed by atoms with Crippen molar-refractivity contribution in [3.63, 3.8) is 0 Å². The molecule has 0 heterocycles. The van der Waals surface area contributed by atoms with Gasteiger partial charge in [-0.1, -0.05) is 36.4 Å². The highest BCUT2D eigenvalue weighted by Gasteiger charge is 2.36. The van der Waals surface area contributed by atoms with Crippen molar-refractivity contribution in [2.24, 2.45) is 5.41 Å². The fourth-order valence-corrected chi connectivity index (χ4v) is 1.93. The number of Topliss-reactive ketones (excluding diaryl/α,β-unsaturated/α-hetero) is 1. The summed E-state index contributed by atoms with van der Waals surface area (Å²) < 4.78 is 5.06. The second-order valence-corrected chi connectivity index (χ2v) is 4.74. The minimum atomic E-state index is -0.843. The van der Waals surface area contributed by atoms with Crippen LogP contribution in [0.3, 0.4) is 0 Å². The first-order valence-corrected chi connectivity index (χ1v) is 6.40. The van der Waals surface area contributed by atoms with Crippen LogP contribution in [0.4, 0.5) is 0 Å². The van der Waals surface area contributed by atoms with Gasteiger partial charge in [0, 0.05) is 12.0 Å². The first kappa shape index (κ1) is 15.2. The number of ether oxygens (including phenoxy) is 1. The summed E-state index contributed by atoms with van der Waals surface area (Å²) in [7, 11) is 0. The summed E-state index contributed by atoms with van der Waals surface area (Å²) >= 11 is 0. The number of rotatable bonds is 7. The van der Waals surface area contributed by atoms with Crippen LogP contribution in [0.5, 0.6) is 0 Å². The van der Waals surface area contributed by atoms with Crippen LogP contribution in [-0.4, -0.2) is 18.4 Å². The van der Waals surface area contributed by atoms with E-state index in [0.29, 0.717) is 18.6 Å². The molecule has 1 aromatic rings. The highest BCUT2D eigenvalue weighted by molar-refractivity contribution is 5.99. The quantitative estimate of drug-likeness (QED) is 0.428. The van der Waals surface area contributed by atoms with Crippen LogP contribution in [-0.2, 0) is 9.53 Å². The molecule has 0 aliphatic rings. The molecule has 0 aliphatic carbocycles. The maximum atomic E-state index is 12.2. The van der Waals surface area contributed by atoms with E-state index >= 15 is 0 Å². The molecule has 3 heteroatoms. The fraction of sp³-hybridized carbons (Fsp3) is 0.375. The van der Waals surface area contributed by atoms with Crippen LogP contribution in [0, 0.1) is 5.41 Å². The molecular formula is C16H20O3. The van der Waals surface area contributed by atoms with Gasteiger partial charge < -0.3 is 4.74 Å². The van der Waals surface area contributed by atoms with E-state index in [9.17, 15) is 9.59 Å². The number of allylic oxidation sites excluding steroid dienone is 1. The Kier molecular flexibility index (Phi) is 5.49. The molecule has 0 amide bonds. The third-order valence-corrected chi connectivity index (χ3v) is 3.01. The van der Waals surface area contributed by atoms with Gasteiger partial charge in [-0.05, 0) is 20.3 Å².